The summed E-state index contributed by atoms with van der Waals surface area (Å²) in [6.45, 7) is 8.61. The quantitative estimate of drug-likeness (QED) is 0.633. The van der Waals surface area contributed by atoms with Crippen molar-refractivity contribution in [2.24, 2.45) is 0 Å². The number of benzene rings is 1. The van der Waals surface area contributed by atoms with E-state index in [0.717, 1.165) is 38.5 Å². The third-order valence-corrected chi connectivity index (χ3v) is 2.97. The van der Waals surface area contributed by atoms with Gasteiger partial charge in [0.05, 0.1) is 6.61 Å². The Hall–Kier alpha value is -1.10. The van der Waals surface area contributed by atoms with E-state index in [2.05, 4.69) is 37.4 Å². The number of aryl methyl sites for hydroxylation is 1. The van der Waals surface area contributed by atoms with Crippen molar-refractivity contribution < 1.29 is 14.2 Å². The highest BCUT2D eigenvalue weighted by Crippen LogP contribution is 2.23. The molecule has 0 amide bonds. The van der Waals surface area contributed by atoms with Crippen LogP contribution in [-0.4, -0.2) is 40.1 Å². The lowest BCUT2D eigenvalue weighted by Gasteiger charge is -2.14. The number of hydrogen-bond donors (Lipinski definition) is 1. The molecule has 0 spiro atoms. The van der Waals surface area contributed by atoms with E-state index in [1.807, 2.05) is 0 Å². The average Bonchev–Trinajstić information content (AvgIpc) is 2.46. The molecule has 1 aromatic carbocycles. The van der Waals surface area contributed by atoms with E-state index in [1.54, 1.807) is 7.11 Å². The van der Waals surface area contributed by atoms with Crippen molar-refractivity contribution in [3.8, 4) is 5.75 Å². The zero-order chi connectivity index (χ0) is 14.6. The Morgan fingerprint density at radius 1 is 1.10 bits per heavy atom. The van der Waals surface area contributed by atoms with E-state index in [1.165, 1.54) is 11.1 Å². The fourth-order valence-electron chi connectivity index (χ4n) is 1.93. The van der Waals surface area contributed by atoms with Crippen molar-refractivity contribution in [2.75, 3.05) is 40.1 Å². The third-order valence-electron chi connectivity index (χ3n) is 2.97. The fourth-order valence-corrected chi connectivity index (χ4v) is 1.93. The summed E-state index contributed by atoms with van der Waals surface area (Å²) in [6, 6.07) is 6.24. The first-order valence-electron chi connectivity index (χ1n) is 7.28. The summed E-state index contributed by atoms with van der Waals surface area (Å²) < 4.78 is 16.3. The van der Waals surface area contributed by atoms with Crippen molar-refractivity contribution in [2.45, 2.75) is 26.8 Å². The number of ether oxygens (including phenoxy) is 3. The van der Waals surface area contributed by atoms with Gasteiger partial charge in [-0.3, -0.25) is 0 Å². The van der Waals surface area contributed by atoms with Crippen molar-refractivity contribution in [3.63, 3.8) is 0 Å². The average molecular weight is 281 g/mol. The SMILES string of the molecule is CCNCc1cccc(C)c1OCCOCCCOC. The molecule has 1 aromatic rings. The van der Waals surface area contributed by atoms with Crippen molar-refractivity contribution in [3.05, 3.63) is 29.3 Å². The van der Waals surface area contributed by atoms with E-state index in [-0.39, 0.29) is 0 Å². The minimum absolute atomic E-state index is 0.580. The molecule has 0 unspecified atom stereocenters. The smallest absolute Gasteiger partial charge is 0.126 e. The maximum absolute atomic E-state index is 5.88. The van der Waals surface area contributed by atoms with E-state index < -0.39 is 0 Å². The van der Waals surface area contributed by atoms with Gasteiger partial charge >= 0.3 is 0 Å². The van der Waals surface area contributed by atoms with Gasteiger partial charge in [0.1, 0.15) is 12.4 Å². The van der Waals surface area contributed by atoms with Crippen LogP contribution in [0.3, 0.4) is 0 Å². The molecule has 0 aromatic heterocycles. The van der Waals surface area contributed by atoms with Gasteiger partial charge in [0.15, 0.2) is 0 Å². The standard InChI is InChI=1S/C16H27NO3/c1-4-17-13-15-8-5-7-14(2)16(15)20-12-11-19-10-6-9-18-3/h5,7-8,17H,4,6,9-13H2,1-3H3. The summed E-state index contributed by atoms with van der Waals surface area (Å²) in [5.41, 5.74) is 2.37. The zero-order valence-electron chi connectivity index (χ0n) is 12.9. The largest absolute Gasteiger partial charge is 0.491 e. The van der Waals surface area contributed by atoms with Crippen LogP contribution in [0.2, 0.25) is 0 Å². The van der Waals surface area contributed by atoms with Crippen LogP contribution < -0.4 is 10.1 Å². The van der Waals surface area contributed by atoms with E-state index >= 15 is 0 Å². The second-order valence-corrected chi connectivity index (χ2v) is 4.65. The predicted molar refractivity (Wildman–Crippen MR) is 81.4 cm³/mol. The van der Waals surface area contributed by atoms with Gasteiger partial charge in [-0.05, 0) is 25.5 Å². The molecule has 0 saturated heterocycles. The minimum atomic E-state index is 0.580. The van der Waals surface area contributed by atoms with E-state index in [9.17, 15) is 0 Å². The van der Waals surface area contributed by atoms with Gasteiger partial charge in [0, 0.05) is 32.4 Å². The lowest BCUT2D eigenvalue weighted by Crippen LogP contribution is -2.15. The van der Waals surface area contributed by atoms with Gasteiger partial charge in [-0.15, -0.1) is 0 Å². The zero-order valence-corrected chi connectivity index (χ0v) is 12.9. The van der Waals surface area contributed by atoms with Crippen molar-refractivity contribution in [1.29, 1.82) is 0 Å². The Kier molecular flexibility index (Phi) is 9.04. The van der Waals surface area contributed by atoms with Crippen LogP contribution in [0.4, 0.5) is 0 Å². The summed E-state index contributed by atoms with van der Waals surface area (Å²) in [7, 11) is 1.70. The summed E-state index contributed by atoms with van der Waals surface area (Å²) in [5, 5.41) is 3.33. The van der Waals surface area contributed by atoms with Crippen LogP contribution in [0, 0.1) is 6.92 Å². The van der Waals surface area contributed by atoms with Gasteiger partial charge in [0.2, 0.25) is 0 Å². The first-order chi connectivity index (χ1) is 9.79. The van der Waals surface area contributed by atoms with Crippen LogP contribution >= 0.6 is 0 Å². The highest BCUT2D eigenvalue weighted by molar-refractivity contribution is 5.40. The van der Waals surface area contributed by atoms with Crippen LogP contribution in [0.5, 0.6) is 5.75 Å². The van der Waals surface area contributed by atoms with Gasteiger partial charge in [-0.1, -0.05) is 25.1 Å². The molecule has 1 rings (SSSR count). The van der Waals surface area contributed by atoms with Gasteiger partial charge < -0.3 is 19.5 Å². The molecule has 20 heavy (non-hydrogen) atoms. The Balaban J connectivity index is 2.34. The molecule has 0 aliphatic heterocycles. The Bertz CT molecular complexity index is 369. The minimum Gasteiger partial charge on any atom is -0.491 e. The maximum atomic E-state index is 5.88. The molecular weight excluding hydrogens is 254 g/mol. The summed E-state index contributed by atoms with van der Waals surface area (Å²) in [5.74, 6) is 0.981. The Morgan fingerprint density at radius 3 is 2.70 bits per heavy atom. The fraction of sp³-hybridized carbons (Fsp3) is 0.625. The molecule has 0 bridgehead atoms. The second kappa shape index (κ2) is 10.7. The first-order valence-corrected chi connectivity index (χ1v) is 7.28. The topological polar surface area (TPSA) is 39.7 Å². The molecule has 114 valence electrons. The highest BCUT2D eigenvalue weighted by atomic mass is 16.5. The van der Waals surface area contributed by atoms with Gasteiger partial charge in [0.25, 0.3) is 0 Å². The van der Waals surface area contributed by atoms with Crippen LogP contribution in [0.1, 0.15) is 24.5 Å². The van der Waals surface area contributed by atoms with E-state index in [4.69, 9.17) is 14.2 Å². The van der Waals surface area contributed by atoms with Gasteiger partial charge in [-0.25, -0.2) is 0 Å². The summed E-state index contributed by atoms with van der Waals surface area (Å²) in [4.78, 5) is 0. The Morgan fingerprint density at radius 2 is 1.95 bits per heavy atom. The predicted octanol–water partition coefficient (Wildman–Crippen LogP) is 2.54. The van der Waals surface area contributed by atoms with Crippen molar-refractivity contribution in [1.82, 2.24) is 5.32 Å². The van der Waals surface area contributed by atoms with Crippen LogP contribution in [0.15, 0.2) is 18.2 Å². The molecule has 0 atom stereocenters. The molecule has 4 nitrogen and oxygen atoms in total. The van der Waals surface area contributed by atoms with Crippen LogP contribution in [0.25, 0.3) is 0 Å². The summed E-state index contributed by atoms with van der Waals surface area (Å²) >= 11 is 0. The third kappa shape index (κ3) is 6.37. The molecule has 0 fully saturated rings. The lowest BCUT2D eigenvalue weighted by atomic mass is 10.1. The molecule has 0 radical (unpaired) electrons. The molecule has 4 heteroatoms. The van der Waals surface area contributed by atoms with Gasteiger partial charge in [-0.2, -0.15) is 0 Å². The summed E-state index contributed by atoms with van der Waals surface area (Å²) in [6.07, 6.45) is 0.923. The Labute approximate surface area is 122 Å². The normalized spacial score (nSPS) is 10.8. The highest BCUT2D eigenvalue weighted by Gasteiger charge is 2.06. The maximum Gasteiger partial charge on any atom is 0.126 e. The molecule has 0 saturated carbocycles. The number of methoxy groups -OCH3 is 1. The molecule has 0 heterocycles. The molecular formula is C16H27NO3. The molecule has 0 aliphatic rings. The monoisotopic (exact) mass is 281 g/mol. The molecule has 0 aliphatic carbocycles. The number of para-hydroxylation sites is 1. The molecule has 1 N–H and O–H groups in total. The number of nitrogens with one attached hydrogen (secondary N) is 1. The number of hydrogen-bond acceptors (Lipinski definition) is 4. The second-order valence-electron chi connectivity index (χ2n) is 4.65. The number of rotatable bonds is 11. The first kappa shape index (κ1) is 17.0. The van der Waals surface area contributed by atoms with E-state index in [0.29, 0.717) is 13.2 Å². The lowest BCUT2D eigenvalue weighted by molar-refractivity contribution is 0.0802. The van der Waals surface area contributed by atoms with Crippen LogP contribution in [-0.2, 0) is 16.0 Å². The van der Waals surface area contributed by atoms with Crippen molar-refractivity contribution >= 4 is 0 Å².